The van der Waals surface area contributed by atoms with Gasteiger partial charge in [-0.2, -0.15) is 0 Å². The zero-order valence-corrected chi connectivity index (χ0v) is 13.7. The average Bonchev–Trinajstić information content (AvgIpc) is 3.11. The fourth-order valence-corrected chi connectivity index (χ4v) is 3.39. The van der Waals surface area contributed by atoms with Crippen molar-refractivity contribution in [2.75, 3.05) is 7.11 Å². The van der Waals surface area contributed by atoms with Gasteiger partial charge in [0.05, 0.1) is 18.4 Å². The van der Waals surface area contributed by atoms with Gasteiger partial charge in [-0.05, 0) is 12.1 Å². The number of rotatable bonds is 3. The van der Waals surface area contributed by atoms with E-state index in [1.165, 1.54) is 11.3 Å². The molecule has 2 aromatic heterocycles. The highest BCUT2D eigenvalue weighted by atomic mass is 32.1. The predicted molar refractivity (Wildman–Crippen MR) is 95.6 cm³/mol. The van der Waals surface area contributed by atoms with E-state index < -0.39 is 5.63 Å². The van der Waals surface area contributed by atoms with E-state index in [0.29, 0.717) is 22.6 Å². The quantitative estimate of drug-likeness (QED) is 0.514. The van der Waals surface area contributed by atoms with Crippen molar-refractivity contribution in [3.63, 3.8) is 0 Å². The second-order valence-electron chi connectivity index (χ2n) is 5.23. The number of para-hydroxylation sites is 1. The summed E-state index contributed by atoms with van der Waals surface area (Å²) in [7, 11) is 1.55. The van der Waals surface area contributed by atoms with Gasteiger partial charge >= 0.3 is 5.63 Å². The molecule has 118 valence electrons. The first-order valence-electron chi connectivity index (χ1n) is 7.38. The molecule has 0 bridgehead atoms. The summed E-state index contributed by atoms with van der Waals surface area (Å²) in [5, 5.41) is 3.55. The van der Waals surface area contributed by atoms with E-state index in [1.54, 1.807) is 19.2 Å². The number of thiazole rings is 1. The lowest BCUT2D eigenvalue weighted by Gasteiger charge is -2.04. The van der Waals surface area contributed by atoms with Crippen molar-refractivity contribution in [3.05, 3.63) is 70.4 Å². The van der Waals surface area contributed by atoms with Crippen molar-refractivity contribution in [2.24, 2.45) is 0 Å². The number of nitrogens with zero attached hydrogens (tertiary/aromatic N) is 1. The van der Waals surface area contributed by atoms with Crippen LogP contribution in [0.25, 0.3) is 32.8 Å². The number of benzene rings is 2. The molecule has 0 saturated heterocycles. The summed E-state index contributed by atoms with van der Waals surface area (Å²) in [6.07, 6.45) is 0. The predicted octanol–water partition coefficient (Wildman–Crippen LogP) is 4.59. The zero-order valence-electron chi connectivity index (χ0n) is 12.9. The van der Waals surface area contributed by atoms with Gasteiger partial charge in [-0.1, -0.05) is 42.5 Å². The molecule has 0 unspecified atom stereocenters. The summed E-state index contributed by atoms with van der Waals surface area (Å²) in [4.78, 5) is 17.0. The molecule has 0 atom stereocenters. The van der Waals surface area contributed by atoms with Gasteiger partial charge in [0.25, 0.3) is 0 Å². The molecule has 0 aliphatic carbocycles. The molecule has 0 fully saturated rings. The largest absolute Gasteiger partial charge is 0.493 e. The lowest BCUT2D eigenvalue weighted by atomic mass is 10.1. The fourth-order valence-electron chi connectivity index (χ4n) is 2.57. The molecular weight excluding hydrogens is 322 g/mol. The molecule has 4 rings (SSSR count). The Kier molecular flexibility index (Phi) is 3.63. The van der Waals surface area contributed by atoms with Crippen molar-refractivity contribution < 1.29 is 9.15 Å². The number of aromatic nitrogens is 1. The molecule has 0 radical (unpaired) electrons. The Morgan fingerprint density at radius 2 is 1.92 bits per heavy atom. The molecule has 2 aromatic carbocycles. The number of fused-ring (bicyclic) bond motifs is 1. The van der Waals surface area contributed by atoms with Crippen molar-refractivity contribution in [1.29, 1.82) is 0 Å². The molecule has 0 aliphatic rings. The minimum atomic E-state index is -0.420. The third kappa shape index (κ3) is 2.49. The van der Waals surface area contributed by atoms with Gasteiger partial charge in [0, 0.05) is 16.3 Å². The van der Waals surface area contributed by atoms with Crippen LogP contribution in [0.2, 0.25) is 0 Å². The van der Waals surface area contributed by atoms with E-state index in [4.69, 9.17) is 9.15 Å². The minimum absolute atomic E-state index is 0.420. The third-order valence-electron chi connectivity index (χ3n) is 3.74. The first-order valence-corrected chi connectivity index (χ1v) is 8.26. The highest BCUT2D eigenvalue weighted by Crippen LogP contribution is 2.30. The average molecular weight is 335 g/mol. The van der Waals surface area contributed by atoms with Crippen LogP contribution in [0.4, 0.5) is 0 Å². The van der Waals surface area contributed by atoms with Gasteiger partial charge < -0.3 is 9.15 Å². The van der Waals surface area contributed by atoms with Crippen LogP contribution >= 0.6 is 11.3 Å². The number of hydrogen-bond acceptors (Lipinski definition) is 5. The molecular formula is C19H13NO3S. The Bertz CT molecular complexity index is 1070. The molecule has 0 N–H and O–H groups in total. The normalized spacial score (nSPS) is 10.9. The number of hydrogen-bond donors (Lipinski definition) is 0. The molecule has 4 aromatic rings. The highest BCUT2D eigenvalue weighted by molar-refractivity contribution is 7.13. The zero-order chi connectivity index (χ0) is 16.5. The van der Waals surface area contributed by atoms with E-state index in [2.05, 4.69) is 4.98 Å². The minimum Gasteiger partial charge on any atom is -0.493 e. The summed E-state index contributed by atoms with van der Waals surface area (Å²) in [6.45, 7) is 0. The van der Waals surface area contributed by atoms with E-state index in [0.717, 1.165) is 16.0 Å². The second kappa shape index (κ2) is 5.94. The molecule has 5 heteroatoms. The fraction of sp³-hybridized carbons (Fsp3) is 0.0526. The summed E-state index contributed by atoms with van der Waals surface area (Å²) < 4.78 is 10.7. The number of ether oxygens (including phenoxy) is 1. The topological polar surface area (TPSA) is 52.3 Å². The SMILES string of the molecule is COc1cccc2cc(-c3csc(-c4ccccc4)n3)c(=O)oc12. The molecule has 4 nitrogen and oxygen atoms in total. The van der Waals surface area contributed by atoms with Gasteiger partial charge in [-0.25, -0.2) is 9.78 Å². The molecule has 2 heterocycles. The molecule has 0 saturated carbocycles. The van der Waals surface area contributed by atoms with Crippen molar-refractivity contribution in [3.8, 4) is 27.6 Å². The maximum Gasteiger partial charge on any atom is 0.345 e. The monoisotopic (exact) mass is 335 g/mol. The maximum absolute atomic E-state index is 12.4. The Morgan fingerprint density at radius 3 is 2.71 bits per heavy atom. The van der Waals surface area contributed by atoms with Crippen LogP contribution in [0.1, 0.15) is 0 Å². The first-order chi connectivity index (χ1) is 11.8. The molecule has 0 aliphatic heterocycles. The third-order valence-corrected chi connectivity index (χ3v) is 4.64. The van der Waals surface area contributed by atoms with Gasteiger partial charge in [0.2, 0.25) is 0 Å². The Labute approximate surface area is 142 Å². The summed E-state index contributed by atoms with van der Waals surface area (Å²) in [5.74, 6) is 0.541. The molecule has 0 amide bonds. The van der Waals surface area contributed by atoms with E-state index in [-0.39, 0.29) is 0 Å². The van der Waals surface area contributed by atoms with Crippen LogP contribution in [0.5, 0.6) is 5.75 Å². The summed E-state index contributed by atoms with van der Waals surface area (Å²) >= 11 is 1.50. The lowest BCUT2D eigenvalue weighted by molar-refractivity contribution is 0.407. The Hall–Kier alpha value is -2.92. The van der Waals surface area contributed by atoms with E-state index in [9.17, 15) is 4.79 Å². The van der Waals surface area contributed by atoms with Crippen LogP contribution in [-0.2, 0) is 0 Å². The first kappa shape index (κ1) is 14.7. The Morgan fingerprint density at radius 1 is 1.08 bits per heavy atom. The smallest absolute Gasteiger partial charge is 0.345 e. The Balaban J connectivity index is 1.84. The van der Waals surface area contributed by atoms with Crippen LogP contribution in [0, 0.1) is 0 Å². The van der Waals surface area contributed by atoms with Crippen molar-refractivity contribution in [2.45, 2.75) is 0 Å². The van der Waals surface area contributed by atoms with Crippen LogP contribution in [0.3, 0.4) is 0 Å². The van der Waals surface area contributed by atoms with Gasteiger partial charge in [0.1, 0.15) is 5.01 Å². The highest BCUT2D eigenvalue weighted by Gasteiger charge is 2.14. The van der Waals surface area contributed by atoms with Crippen LogP contribution in [-0.4, -0.2) is 12.1 Å². The standard InChI is InChI=1S/C19H13NO3S/c1-22-16-9-5-8-13-10-14(19(21)23-17(13)16)15-11-24-18(20-15)12-6-3-2-4-7-12/h2-11H,1H3. The van der Waals surface area contributed by atoms with Crippen molar-refractivity contribution >= 4 is 22.3 Å². The van der Waals surface area contributed by atoms with Crippen molar-refractivity contribution in [1.82, 2.24) is 4.98 Å². The second-order valence-corrected chi connectivity index (χ2v) is 6.09. The van der Waals surface area contributed by atoms with Gasteiger partial charge in [-0.3, -0.25) is 0 Å². The van der Waals surface area contributed by atoms with E-state index in [1.807, 2.05) is 47.8 Å². The summed E-state index contributed by atoms with van der Waals surface area (Å²) in [6, 6.07) is 17.2. The maximum atomic E-state index is 12.4. The van der Waals surface area contributed by atoms with Crippen LogP contribution < -0.4 is 10.4 Å². The molecule has 24 heavy (non-hydrogen) atoms. The van der Waals surface area contributed by atoms with Gasteiger partial charge in [-0.15, -0.1) is 11.3 Å². The van der Waals surface area contributed by atoms with Crippen LogP contribution in [0.15, 0.2) is 69.2 Å². The van der Waals surface area contributed by atoms with E-state index >= 15 is 0 Å². The number of methoxy groups -OCH3 is 1. The summed E-state index contributed by atoms with van der Waals surface area (Å²) in [5.41, 5.74) is 2.14. The van der Waals surface area contributed by atoms with Gasteiger partial charge in [0.15, 0.2) is 11.3 Å². The lowest BCUT2D eigenvalue weighted by Crippen LogP contribution is -2.03. The molecule has 0 spiro atoms.